The Morgan fingerprint density at radius 2 is 1.64 bits per heavy atom. The molecule has 1 aliphatic rings. The number of nitrogens with zero attached hydrogens (tertiary/aromatic N) is 2. The standard InChI is InChI=1S/C21H20N2O4S/c1-27-21(24)18-10-7-11-19(20(18)22-12-5-6-13-22)23-14-17(15-23)28(25,26)16-8-3-2-4-9-16/h2-13,17H,14-15H2,1H3. The van der Waals surface area contributed by atoms with Gasteiger partial charge in [-0.2, -0.15) is 0 Å². The van der Waals surface area contributed by atoms with Crippen molar-refractivity contribution in [2.24, 2.45) is 0 Å². The minimum atomic E-state index is -3.38. The van der Waals surface area contributed by atoms with E-state index in [4.69, 9.17) is 4.74 Å². The number of para-hydroxylation sites is 1. The molecule has 0 spiro atoms. The van der Waals surface area contributed by atoms with Crippen molar-refractivity contribution in [3.05, 3.63) is 78.6 Å². The summed E-state index contributed by atoms with van der Waals surface area (Å²) in [6.45, 7) is 0.742. The maximum absolute atomic E-state index is 12.8. The van der Waals surface area contributed by atoms with Crippen molar-refractivity contribution in [2.75, 3.05) is 25.1 Å². The number of sulfone groups is 1. The van der Waals surface area contributed by atoms with Crippen LogP contribution in [0.3, 0.4) is 0 Å². The van der Waals surface area contributed by atoms with Gasteiger partial charge in [0.05, 0.1) is 28.9 Å². The van der Waals surface area contributed by atoms with Crippen LogP contribution >= 0.6 is 0 Å². The molecule has 4 rings (SSSR count). The van der Waals surface area contributed by atoms with Crippen molar-refractivity contribution >= 4 is 21.5 Å². The number of hydrogen-bond donors (Lipinski definition) is 0. The van der Waals surface area contributed by atoms with Crippen LogP contribution in [0.5, 0.6) is 0 Å². The van der Waals surface area contributed by atoms with E-state index in [2.05, 4.69) is 0 Å². The number of methoxy groups -OCH3 is 1. The third-order valence-electron chi connectivity index (χ3n) is 4.98. The van der Waals surface area contributed by atoms with Crippen LogP contribution in [0, 0.1) is 0 Å². The second-order valence-electron chi connectivity index (χ2n) is 6.64. The summed E-state index contributed by atoms with van der Waals surface area (Å²) < 4.78 is 32.4. The first kappa shape index (κ1) is 18.3. The number of rotatable bonds is 5. The molecule has 6 nitrogen and oxygen atoms in total. The van der Waals surface area contributed by atoms with Gasteiger partial charge in [0.1, 0.15) is 5.25 Å². The van der Waals surface area contributed by atoms with Gasteiger partial charge in [0.15, 0.2) is 9.84 Å². The fourth-order valence-electron chi connectivity index (χ4n) is 3.45. The van der Waals surface area contributed by atoms with Crippen molar-refractivity contribution in [3.8, 4) is 5.69 Å². The molecule has 3 aromatic rings. The highest BCUT2D eigenvalue weighted by atomic mass is 32.2. The van der Waals surface area contributed by atoms with Gasteiger partial charge in [-0.05, 0) is 36.4 Å². The lowest BCUT2D eigenvalue weighted by Gasteiger charge is -2.41. The minimum absolute atomic E-state index is 0.341. The van der Waals surface area contributed by atoms with Crippen LogP contribution in [0.2, 0.25) is 0 Å². The largest absolute Gasteiger partial charge is 0.465 e. The normalized spacial score (nSPS) is 14.5. The maximum atomic E-state index is 12.8. The molecule has 0 amide bonds. The Balaban J connectivity index is 1.66. The van der Waals surface area contributed by atoms with Gasteiger partial charge in [-0.1, -0.05) is 24.3 Å². The van der Waals surface area contributed by atoms with Crippen molar-refractivity contribution < 1.29 is 17.9 Å². The number of carbonyl (C=O) groups excluding carboxylic acids is 1. The molecular weight excluding hydrogens is 376 g/mol. The topological polar surface area (TPSA) is 68.6 Å². The van der Waals surface area contributed by atoms with E-state index < -0.39 is 21.1 Å². The van der Waals surface area contributed by atoms with Gasteiger partial charge < -0.3 is 14.2 Å². The molecule has 1 aromatic heterocycles. The smallest absolute Gasteiger partial charge is 0.340 e. The average Bonchev–Trinajstić information content (AvgIpc) is 3.21. The molecule has 7 heteroatoms. The lowest BCUT2D eigenvalue weighted by molar-refractivity contribution is 0.0600. The van der Waals surface area contributed by atoms with E-state index in [9.17, 15) is 13.2 Å². The van der Waals surface area contributed by atoms with E-state index >= 15 is 0 Å². The predicted molar refractivity (Wildman–Crippen MR) is 107 cm³/mol. The van der Waals surface area contributed by atoms with E-state index in [1.54, 1.807) is 42.5 Å². The molecule has 1 saturated heterocycles. The van der Waals surface area contributed by atoms with Gasteiger partial charge in [0, 0.05) is 25.5 Å². The fourth-order valence-corrected chi connectivity index (χ4v) is 5.12. The number of benzene rings is 2. The van der Waals surface area contributed by atoms with E-state index in [1.807, 2.05) is 40.1 Å². The molecule has 2 heterocycles. The van der Waals surface area contributed by atoms with Crippen molar-refractivity contribution in [1.82, 2.24) is 4.57 Å². The second kappa shape index (κ2) is 7.16. The second-order valence-corrected chi connectivity index (χ2v) is 8.87. The molecule has 28 heavy (non-hydrogen) atoms. The van der Waals surface area contributed by atoms with E-state index in [0.717, 1.165) is 5.69 Å². The third-order valence-corrected chi connectivity index (χ3v) is 7.09. The number of hydrogen-bond acceptors (Lipinski definition) is 5. The Labute approximate surface area is 163 Å². The molecule has 0 unspecified atom stereocenters. The average molecular weight is 396 g/mol. The first-order valence-corrected chi connectivity index (χ1v) is 10.5. The summed E-state index contributed by atoms with van der Waals surface area (Å²) in [7, 11) is -2.03. The number of ether oxygens (including phenoxy) is 1. The summed E-state index contributed by atoms with van der Waals surface area (Å²) in [5.74, 6) is -0.431. The van der Waals surface area contributed by atoms with Crippen LogP contribution in [-0.4, -0.2) is 44.4 Å². The molecule has 0 N–H and O–H groups in total. The summed E-state index contributed by atoms with van der Waals surface area (Å²) in [5, 5.41) is -0.478. The Morgan fingerprint density at radius 1 is 0.964 bits per heavy atom. The molecule has 0 atom stereocenters. The van der Waals surface area contributed by atoms with E-state index in [0.29, 0.717) is 29.2 Å². The zero-order chi connectivity index (χ0) is 19.7. The number of aromatic nitrogens is 1. The highest BCUT2D eigenvalue weighted by Gasteiger charge is 2.39. The van der Waals surface area contributed by atoms with Crippen LogP contribution < -0.4 is 4.90 Å². The molecule has 0 radical (unpaired) electrons. The molecule has 1 aliphatic heterocycles. The molecule has 144 valence electrons. The Hall–Kier alpha value is -3.06. The van der Waals surface area contributed by atoms with Gasteiger partial charge in [-0.25, -0.2) is 13.2 Å². The Kier molecular flexibility index (Phi) is 4.68. The third kappa shape index (κ3) is 3.07. The molecule has 0 aliphatic carbocycles. The van der Waals surface area contributed by atoms with Crippen LogP contribution in [0.25, 0.3) is 5.69 Å². The SMILES string of the molecule is COC(=O)c1cccc(N2CC(S(=O)(=O)c3ccccc3)C2)c1-n1cccc1. The quantitative estimate of drug-likeness (QED) is 0.621. The van der Waals surface area contributed by atoms with Crippen molar-refractivity contribution in [2.45, 2.75) is 10.1 Å². The summed E-state index contributed by atoms with van der Waals surface area (Å²) in [4.78, 5) is 14.6. The van der Waals surface area contributed by atoms with Gasteiger partial charge in [0.2, 0.25) is 0 Å². The van der Waals surface area contributed by atoms with Crippen LogP contribution in [0.4, 0.5) is 5.69 Å². The lowest BCUT2D eigenvalue weighted by atomic mass is 10.1. The first-order chi connectivity index (χ1) is 13.5. The molecule has 0 bridgehead atoms. The highest BCUT2D eigenvalue weighted by Crippen LogP contribution is 2.34. The summed E-state index contributed by atoms with van der Waals surface area (Å²) in [5.41, 5.74) is 1.93. The monoisotopic (exact) mass is 396 g/mol. The zero-order valence-corrected chi connectivity index (χ0v) is 16.2. The lowest BCUT2D eigenvalue weighted by Crippen LogP contribution is -2.55. The van der Waals surface area contributed by atoms with Crippen molar-refractivity contribution in [3.63, 3.8) is 0 Å². The van der Waals surface area contributed by atoms with Crippen molar-refractivity contribution in [1.29, 1.82) is 0 Å². The predicted octanol–water partition coefficient (Wildman–Crippen LogP) is 2.93. The number of anilines is 1. The van der Waals surface area contributed by atoms with Gasteiger partial charge in [0.25, 0.3) is 0 Å². The number of carbonyl (C=O) groups is 1. The Morgan fingerprint density at radius 3 is 2.29 bits per heavy atom. The minimum Gasteiger partial charge on any atom is -0.465 e. The molecular formula is C21H20N2O4S. The van der Waals surface area contributed by atoms with E-state index in [1.165, 1.54) is 7.11 Å². The summed E-state index contributed by atoms with van der Waals surface area (Å²) >= 11 is 0. The summed E-state index contributed by atoms with van der Waals surface area (Å²) in [6, 6.07) is 17.6. The number of esters is 1. The van der Waals surface area contributed by atoms with Crippen LogP contribution in [0.1, 0.15) is 10.4 Å². The van der Waals surface area contributed by atoms with Gasteiger partial charge in [-0.3, -0.25) is 0 Å². The molecule has 0 saturated carbocycles. The van der Waals surface area contributed by atoms with Gasteiger partial charge in [-0.15, -0.1) is 0 Å². The Bertz CT molecular complexity index is 1090. The zero-order valence-electron chi connectivity index (χ0n) is 15.4. The highest BCUT2D eigenvalue weighted by molar-refractivity contribution is 7.92. The molecule has 2 aromatic carbocycles. The van der Waals surface area contributed by atoms with Crippen LogP contribution in [0.15, 0.2) is 78.0 Å². The summed E-state index contributed by atoms with van der Waals surface area (Å²) in [6.07, 6.45) is 3.70. The van der Waals surface area contributed by atoms with Crippen LogP contribution in [-0.2, 0) is 14.6 Å². The fraction of sp³-hybridized carbons (Fsp3) is 0.190. The molecule has 1 fully saturated rings. The van der Waals surface area contributed by atoms with Gasteiger partial charge >= 0.3 is 5.97 Å². The van der Waals surface area contributed by atoms with E-state index in [-0.39, 0.29) is 0 Å². The first-order valence-electron chi connectivity index (χ1n) is 8.91. The maximum Gasteiger partial charge on any atom is 0.340 e.